The van der Waals surface area contributed by atoms with Gasteiger partial charge in [0.05, 0.1) is 31.5 Å². The Bertz CT molecular complexity index is 962. The molecule has 0 radical (unpaired) electrons. The van der Waals surface area contributed by atoms with E-state index in [0.717, 1.165) is 5.75 Å². The summed E-state index contributed by atoms with van der Waals surface area (Å²) in [5.41, 5.74) is -0.629. The number of carbonyl (C=O) groups is 2. The molecule has 2 aliphatic rings. The molecular weight excluding hydrogens is 416 g/mol. The van der Waals surface area contributed by atoms with Crippen molar-refractivity contribution < 1.29 is 14.3 Å². The Morgan fingerprint density at radius 2 is 2.16 bits per heavy atom. The van der Waals surface area contributed by atoms with E-state index in [4.69, 9.17) is 4.74 Å². The largest absolute Gasteiger partial charge is 0.476 e. The summed E-state index contributed by atoms with van der Waals surface area (Å²) in [5.74, 6) is 1.63. The first-order chi connectivity index (χ1) is 14.7. The van der Waals surface area contributed by atoms with Gasteiger partial charge in [-0.15, -0.1) is 0 Å². The van der Waals surface area contributed by atoms with Gasteiger partial charge < -0.3 is 15.0 Å². The fourth-order valence-electron chi connectivity index (χ4n) is 3.24. The fourth-order valence-corrected chi connectivity index (χ4v) is 3.49. The molecule has 0 fully saturated rings. The van der Waals surface area contributed by atoms with Gasteiger partial charge in [-0.1, -0.05) is 0 Å². The van der Waals surface area contributed by atoms with Crippen LogP contribution in [0, 0.1) is 0 Å². The zero-order valence-corrected chi connectivity index (χ0v) is 19.3. The number of anilines is 1. The number of amides is 2. The van der Waals surface area contributed by atoms with Crippen LogP contribution in [0.15, 0.2) is 33.3 Å². The molecule has 9 nitrogen and oxygen atoms in total. The number of thioether (sulfide) groups is 1. The summed E-state index contributed by atoms with van der Waals surface area (Å²) in [5, 5.41) is 2.90. The Labute approximate surface area is 186 Å². The molecular formula is C21H28N6O3S. The molecule has 3 heterocycles. The highest BCUT2D eigenvalue weighted by molar-refractivity contribution is 7.98. The SMILES string of the molecule is CSCCOC1=NCC(C)(C(=O)Nc2ccnc(C3(C)CC(=O)N(C)C(C)=N3)c2)N=C1. The zero-order chi connectivity index (χ0) is 22.6. The number of nitrogens with zero attached hydrogens (tertiary/aromatic N) is 5. The molecule has 1 N–H and O–H groups in total. The third kappa shape index (κ3) is 5.12. The van der Waals surface area contributed by atoms with Crippen LogP contribution < -0.4 is 5.32 Å². The standard InChI is InChI=1S/C21H28N6O3S/c1-14-26-20(2,11-18(28)27(14)4)16-10-15(6-7-22-16)25-19(29)21(3)13-23-17(12-24-21)30-8-9-31-5/h6-7,10,12H,8-9,11,13H2,1-5H3,(H,22,25,29). The number of hydrogen-bond acceptors (Lipinski definition) is 8. The van der Waals surface area contributed by atoms with Crippen LogP contribution in [0.3, 0.4) is 0 Å². The lowest BCUT2D eigenvalue weighted by Gasteiger charge is -2.33. The lowest BCUT2D eigenvalue weighted by Crippen LogP contribution is -2.44. The maximum absolute atomic E-state index is 12.9. The summed E-state index contributed by atoms with van der Waals surface area (Å²) in [6.45, 7) is 6.14. The van der Waals surface area contributed by atoms with E-state index in [-0.39, 0.29) is 24.8 Å². The van der Waals surface area contributed by atoms with Gasteiger partial charge in [0.2, 0.25) is 11.8 Å². The van der Waals surface area contributed by atoms with Crippen molar-refractivity contribution in [3.63, 3.8) is 0 Å². The topological polar surface area (TPSA) is 109 Å². The van der Waals surface area contributed by atoms with Crippen LogP contribution in [-0.2, 0) is 19.9 Å². The average molecular weight is 445 g/mol. The number of ether oxygens (including phenoxy) is 1. The van der Waals surface area contributed by atoms with Crippen molar-refractivity contribution in [1.82, 2.24) is 9.88 Å². The van der Waals surface area contributed by atoms with E-state index in [1.165, 1.54) is 11.1 Å². The maximum Gasteiger partial charge on any atom is 0.253 e. The third-order valence-electron chi connectivity index (χ3n) is 5.36. The minimum absolute atomic E-state index is 0.0243. The van der Waals surface area contributed by atoms with Gasteiger partial charge >= 0.3 is 0 Å². The minimum Gasteiger partial charge on any atom is -0.476 e. The maximum atomic E-state index is 12.9. The molecule has 1 aromatic rings. The van der Waals surface area contributed by atoms with E-state index in [1.807, 2.05) is 13.2 Å². The minimum atomic E-state index is -1.03. The van der Waals surface area contributed by atoms with Crippen molar-refractivity contribution in [2.45, 2.75) is 38.3 Å². The summed E-state index contributed by atoms with van der Waals surface area (Å²) in [6.07, 6.45) is 5.32. The Balaban J connectivity index is 1.71. The lowest BCUT2D eigenvalue weighted by molar-refractivity contribution is -0.128. The highest BCUT2D eigenvalue weighted by atomic mass is 32.2. The second-order valence-corrected chi connectivity index (χ2v) is 8.96. The third-order valence-corrected chi connectivity index (χ3v) is 5.94. The van der Waals surface area contributed by atoms with E-state index in [1.54, 1.807) is 51.0 Å². The van der Waals surface area contributed by atoms with Crippen LogP contribution in [-0.4, -0.2) is 77.4 Å². The predicted octanol–water partition coefficient (Wildman–Crippen LogP) is 2.14. The van der Waals surface area contributed by atoms with E-state index >= 15 is 0 Å². The van der Waals surface area contributed by atoms with E-state index in [2.05, 4.69) is 25.3 Å². The van der Waals surface area contributed by atoms with Crippen LogP contribution in [0.1, 0.15) is 32.9 Å². The number of carbonyl (C=O) groups excluding carboxylic acids is 2. The molecule has 0 bridgehead atoms. The van der Waals surface area contributed by atoms with Gasteiger partial charge in [0.25, 0.3) is 5.91 Å². The van der Waals surface area contributed by atoms with Gasteiger partial charge in [0.1, 0.15) is 11.4 Å². The number of nitrogens with one attached hydrogen (secondary N) is 1. The number of pyridine rings is 1. The first-order valence-electron chi connectivity index (χ1n) is 9.99. The van der Waals surface area contributed by atoms with Crippen LogP contribution in [0.25, 0.3) is 0 Å². The van der Waals surface area contributed by atoms with Gasteiger partial charge in [0, 0.05) is 24.7 Å². The molecule has 3 rings (SSSR count). The van der Waals surface area contributed by atoms with E-state index < -0.39 is 11.1 Å². The zero-order valence-electron chi connectivity index (χ0n) is 18.5. The summed E-state index contributed by atoms with van der Waals surface area (Å²) in [6, 6.07) is 3.46. The van der Waals surface area contributed by atoms with Gasteiger partial charge in [-0.05, 0) is 39.2 Å². The van der Waals surface area contributed by atoms with Crippen molar-refractivity contribution in [2.24, 2.45) is 15.0 Å². The van der Waals surface area contributed by atoms with Crippen molar-refractivity contribution in [3.8, 4) is 0 Å². The Morgan fingerprint density at radius 3 is 2.81 bits per heavy atom. The average Bonchev–Trinajstić information content (AvgIpc) is 2.74. The summed E-state index contributed by atoms with van der Waals surface area (Å²) in [7, 11) is 1.71. The molecule has 166 valence electrons. The van der Waals surface area contributed by atoms with Crippen molar-refractivity contribution in [1.29, 1.82) is 0 Å². The van der Waals surface area contributed by atoms with Gasteiger partial charge in [-0.25, -0.2) is 4.99 Å². The molecule has 10 heteroatoms. The molecule has 31 heavy (non-hydrogen) atoms. The van der Waals surface area contributed by atoms with Gasteiger partial charge in [-0.2, -0.15) is 11.8 Å². The number of aromatic nitrogens is 1. The predicted molar refractivity (Wildman–Crippen MR) is 124 cm³/mol. The smallest absolute Gasteiger partial charge is 0.253 e. The Kier molecular flexibility index (Phi) is 6.78. The Morgan fingerprint density at radius 1 is 1.39 bits per heavy atom. The number of amidine groups is 1. The highest BCUT2D eigenvalue weighted by Gasteiger charge is 2.38. The molecule has 2 atom stereocenters. The summed E-state index contributed by atoms with van der Waals surface area (Å²) in [4.78, 5) is 44.6. The summed E-state index contributed by atoms with van der Waals surface area (Å²) < 4.78 is 5.53. The van der Waals surface area contributed by atoms with E-state index in [9.17, 15) is 9.59 Å². The molecule has 2 unspecified atom stereocenters. The quantitative estimate of drug-likeness (QED) is 0.676. The van der Waals surface area contributed by atoms with Crippen LogP contribution in [0.4, 0.5) is 5.69 Å². The summed E-state index contributed by atoms with van der Waals surface area (Å²) >= 11 is 1.68. The van der Waals surface area contributed by atoms with Crippen molar-refractivity contribution in [3.05, 3.63) is 24.0 Å². The number of hydrogen-bond donors (Lipinski definition) is 1. The number of aliphatic imine (C=N–C) groups is 3. The molecule has 0 saturated heterocycles. The highest BCUT2D eigenvalue weighted by Crippen LogP contribution is 2.33. The second kappa shape index (κ2) is 9.17. The molecule has 0 spiro atoms. The van der Waals surface area contributed by atoms with Crippen molar-refractivity contribution >= 4 is 47.2 Å². The second-order valence-electron chi connectivity index (χ2n) is 7.97. The Hall–Kier alpha value is -2.75. The molecule has 0 aliphatic carbocycles. The first-order valence-corrected chi connectivity index (χ1v) is 11.4. The fraction of sp³-hybridized carbons (Fsp3) is 0.524. The molecule has 0 aromatic carbocycles. The monoisotopic (exact) mass is 444 g/mol. The van der Waals surface area contributed by atoms with Gasteiger partial charge in [-0.3, -0.25) is 24.6 Å². The van der Waals surface area contributed by atoms with Gasteiger partial charge in [0.15, 0.2) is 5.54 Å². The molecule has 0 saturated carbocycles. The number of rotatable bonds is 6. The van der Waals surface area contributed by atoms with Crippen LogP contribution in [0.5, 0.6) is 0 Å². The van der Waals surface area contributed by atoms with Crippen molar-refractivity contribution in [2.75, 3.05) is 37.5 Å². The lowest BCUT2D eigenvalue weighted by atomic mass is 9.91. The first kappa shape index (κ1) is 22.9. The molecule has 2 amide bonds. The van der Waals surface area contributed by atoms with Crippen LogP contribution in [0.2, 0.25) is 0 Å². The molecule has 2 aliphatic heterocycles. The van der Waals surface area contributed by atoms with E-state index in [0.29, 0.717) is 29.7 Å². The van der Waals surface area contributed by atoms with Crippen LogP contribution >= 0.6 is 11.8 Å². The molecule has 1 aromatic heterocycles. The normalized spacial score (nSPS) is 25.7.